The van der Waals surface area contributed by atoms with Crippen LogP contribution < -0.4 is 0 Å². The maximum Gasteiger partial charge on any atom is 0.0793 e. The van der Waals surface area contributed by atoms with Crippen molar-refractivity contribution >= 4 is 11.6 Å². The van der Waals surface area contributed by atoms with E-state index in [1.807, 2.05) is 12.1 Å². The molecule has 2 atom stereocenters. The zero-order valence-corrected chi connectivity index (χ0v) is 15.6. The van der Waals surface area contributed by atoms with Gasteiger partial charge in [-0.1, -0.05) is 36.7 Å². The van der Waals surface area contributed by atoms with E-state index in [9.17, 15) is 5.11 Å². The van der Waals surface area contributed by atoms with E-state index in [1.54, 1.807) is 0 Å². The fourth-order valence-corrected chi connectivity index (χ4v) is 4.37. The van der Waals surface area contributed by atoms with E-state index < -0.39 is 0 Å². The number of hydrogen-bond donors (Lipinski definition) is 1. The van der Waals surface area contributed by atoms with Gasteiger partial charge in [-0.15, -0.1) is 0 Å². The van der Waals surface area contributed by atoms with E-state index >= 15 is 0 Å². The first-order chi connectivity index (χ1) is 11.6. The molecule has 2 fully saturated rings. The monoisotopic (exact) mass is 350 g/mol. The molecule has 0 saturated carbocycles. The van der Waals surface area contributed by atoms with E-state index in [1.165, 1.54) is 31.2 Å². The third-order valence-electron chi connectivity index (χ3n) is 5.70. The lowest BCUT2D eigenvalue weighted by atomic mass is 9.99. The Labute approximate surface area is 151 Å². The fourth-order valence-electron chi connectivity index (χ4n) is 4.16. The van der Waals surface area contributed by atoms with Crippen molar-refractivity contribution in [2.24, 2.45) is 5.92 Å². The molecule has 1 aromatic rings. The lowest BCUT2D eigenvalue weighted by molar-refractivity contribution is 0.0577. The van der Waals surface area contributed by atoms with Crippen molar-refractivity contribution < 1.29 is 5.11 Å². The predicted octanol–water partition coefficient (Wildman–Crippen LogP) is 3.44. The molecule has 2 heterocycles. The smallest absolute Gasteiger partial charge is 0.0793 e. The van der Waals surface area contributed by atoms with Crippen LogP contribution in [-0.2, 0) is 6.42 Å². The summed E-state index contributed by atoms with van der Waals surface area (Å²) < 4.78 is 0. The molecule has 2 saturated heterocycles. The maximum absolute atomic E-state index is 10.6. The number of aliphatic hydroxyl groups is 1. The lowest BCUT2D eigenvalue weighted by Gasteiger charge is -2.33. The molecule has 0 aliphatic carbocycles. The number of halogens is 1. The number of hydrogen-bond acceptors (Lipinski definition) is 3. The molecule has 3 nitrogen and oxygen atoms in total. The van der Waals surface area contributed by atoms with Crippen molar-refractivity contribution in [3.63, 3.8) is 0 Å². The normalized spacial score (nSPS) is 25.2. The van der Waals surface area contributed by atoms with Gasteiger partial charge in [0.1, 0.15) is 0 Å². The van der Waals surface area contributed by atoms with Gasteiger partial charge in [0.25, 0.3) is 0 Å². The summed E-state index contributed by atoms with van der Waals surface area (Å²) in [6.07, 6.45) is 5.72. The summed E-state index contributed by atoms with van der Waals surface area (Å²) in [7, 11) is 0. The second-order valence-corrected chi connectivity index (χ2v) is 8.13. The summed E-state index contributed by atoms with van der Waals surface area (Å²) in [4.78, 5) is 4.91. The van der Waals surface area contributed by atoms with Crippen LogP contribution in [0.2, 0.25) is 5.02 Å². The summed E-state index contributed by atoms with van der Waals surface area (Å²) in [5, 5.41) is 11.4. The Morgan fingerprint density at radius 2 is 1.88 bits per heavy atom. The van der Waals surface area contributed by atoms with Crippen LogP contribution >= 0.6 is 11.6 Å². The van der Waals surface area contributed by atoms with Crippen molar-refractivity contribution in [3.05, 3.63) is 34.9 Å². The molecular formula is C20H31ClN2O. The van der Waals surface area contributed by atoms with E-state index in [4.69, 9.17) is 11.6 Å². The van der Waals surface area contributed by atoms with Gasteiger partial charge in [-0.3, -0.25) is 4.90 Å². The number of β-amino-alcohol motifs (C(OH)–C–C–N with tert-alkyl or cyclic N) is 1. The summed E-state index contributed by atoms with van der Waals surface area (Å²) in [6.45, 7) is 7.33. The molecule has 0 spiro atoms. The van der Waals surface area contributed by atoms with Gasteiger partial charge in [-0.25, -0.2) is 0 Å². The van der Waals surface area contributed by atoms with Gasteiger partial charge in [0, 0.05) is 24.2 Å². The number of benzene rings is 1. The molecular weight excluding hydrogens is 320 g/mol. The third-order valence-corrected chi connectivity index (χ3v) is 6.07. The first-order valence-electron chi connectivity index (χ1n) is 9.49. The maximum atomic E-state index is 10.6. The first kappa shape index (κ1) is 18.2. The Morgan fingerprint density at radius 1 is 1.12 bits per heavy atom. The minimum atomic E-state index is -0.245. The molecule has 0 aromatic heterocycles. The summed E-state index contributed by atoms with van der Waals surface area (Å²) in [6, 6.07) is 8.67. The highest BCUT2D eigenvalue weighted by atomic mass is 35.5. The quantitative estimate of drug-likeness (QED) is 0.851. The SMILES string of the molecule is CC1CCN(C[C@@H](O)CN2CCC[C@H]2Cc2ccccc2Cl)CC1. The predicted molar refractivity (Wildman–Crippen MR) is 101 cm³/mol. The highest BCUT2D eigenvalue weighted by Crippen LogP contribution is 2.25. The Kier molecular flexibility index (Phi) is 6.56. The van der Waals surface area contributed by atoms with Gasteiger partial charge >= 0.3 is 0 Å². The van der Waals surface area contributed by atoms with Crippen LogP contribution in [0.3, 0.4) is 0 Å². The molecule has 1 N–H and O–H groups in total. The standard InChI is InChI=1S/C20H31ClN2O/c1-16-8-11-22(12-9-16)14-19(24)15-23-10-4-6-18(23)13-17-5-2-3-7-20(17)21/h2-3,5,7,16,18-19,24H,4,6,8-15H2,1H3/t18-,19+/m0/s1. The van der Waals surface area contributed by atoms with Gasteiger partial charge < -0.3 is 10.0 Å². The molecule has 1 aromatic carbocycles. The van der Waals surface area contributed by atoms with Crippen LogP contribution in [0.25, 0.3) is 0 Å². The average molecular weight is 351 g/mol. The topological polar surface area (TPSA) is 26.7 Å². The number of nitrogens with zero attached hydrogens (tertiary/aromatic N) is 2. The fraction of sp³-hybridized carbons (Fsp3) is 0.700. The number of piperidine rings is 1. The van der Waals surface area contributed by atoms with Crippen LogP contribution in [0.5, 0.6) is 0 Å². The zero-order chi connectivity index (χ0) is 16.9. The first-order valence-corrected chi connectivity index (χ1v) is 9.87. The van der Waals surface area contributed by atoms with Gasteiger partial charge in [-0.2, -0.15) is 0 Å². The largest absolute Gasteiger partial charge is 0.390 e. The Morgan fingerprint density at radius 3 is 2.62 bits per heavy atom. The van der Waals surface area contributed by atoms with Gasteiger partial charge in [0.15, 0.2) is 0 Å². The molecule has 4 heteroatoms. The van der Waals surface area contributed by atoms with Crippen molar-refractivity contribution in [2.75, 3.05) is 32.7 Å². The molecule has 2 aliphatic rings. The van der Waals surface area contributed by atoms with E-state index in [0.29, 0.717) is 6.04 Å². The van der Waals surface area contributed by atoms with Crippen LogP contribution in [0.15, 0.2) is 24.3 Å². The summed E-state index contributed by atoms with van der Waals surface area (Å²) in [5.74, 6) is 0.844. The minimum Gasteiger partial charge on any atom is -0.390 e. The Bertz CT molecular complexity index is 516. The molecule has 3 rings (SSSR count). The highest BCUT2D eigenvalue weighted by Gasteiger charge is 2.28. The summed E-state index contributed by atoms with van der Waals surface area (Å²) in [5.41, 5.74) is 1.23. The number of rotatable bonds is 6. The van der Waals surface area contributed by atoms with Gasteiger partial charge in [-0.05, 0) is 69.3 Å². The van der Waals surface area contributed by atoms with Crippen LogP contribution in [0.4, 0.5) is 0 Å². The molecule has 24 heavy (non-hydrogen) atoms. The van der Waals surface area contributed by atoms with Crippen LogP contribution in [0.1, 0.15) is 38.2 Å². The molecule has 0 unspecified atom stereocenters. The zero-order valence-electron chi connectivity index (χ0n) is 14.8. The number of aliphatic hydroxyl groups excluding tert-OH is 1. The second-order valence-electron chi connectivity index (χ2n) is 7.72. The second kappa shape index (κ2) is 8.66. The minimum absolute atomic E-state index is 0.245. The van der Waals surface area contributed by atoms with E-state index in [-0.39, 0.29) is 6.10 Å². The van der Waals surface area contributed by atoms with Gasteiger partial charge in [0.05, 0.1) is 6.10 Å². The van der Waals surface area contributed by atoms with E-state index in [0.717, 1.165) is 50.1 Å². The van der Waals surface area contributed by atoms with Gasteiger partial charge in [0.2, 0.25) is 0 Å². The third kappa shape index (κ3) is 4.95. The number of likely N-dealkylation sites (tertiary alicyclic amines) is 2. The Hall–Kier alpha value is -0.610. The van der Waals surface area contributed by atoms with Crippen molar-refractivity contribution in [1.29, 1.82) is 0 Å². The van der Waals surface area contributed by atoms with Crippen molar-refractivity contribution in [2.45, 2.75) is 51.2 Å². The molecule has 0 amide bonds. The average Bonchev–Trinajstić information content (AvgIpc) is 2.99. The molecule has 0 radical (unpaired) electrons. The molecule has 134 valence electrons. The van der Waals surface area contributed by atoms with E-state index in [2.05, 4.69) is 28.9 Å². The summed E-state index contributed by atoms with van der Waals surface area (Å²) >= 11 is 6.32. The highest BCUT2D eigenvalue weighted by molar-refractivity contribution is 6.31. The molecule has 2 aliphatic heterocycles. The Balaban J connectivity index is 1.49. The van der Waals surface area contributed by atoms with Crippen molar-refractivity contribution in [1.82, 2.24) is 9.80 Å². The van der Waals surface area contributed by atoms with Crippen molar-refractivity contribution in [3.8, 4) is 0 Å². The van der Waals surface area contributed by atoms with Crippen LogP contribution in [-0.4, -0.2) is 59.8 Å². The molecule has 0 bridgehead atoms. The lowest BCUT2D eigenvalue weighted by Crippen LogP contribution is -2.44. The van der Waals surface area contributed by atoms with Crippen LogP contribution in [0, 0.1) is 5.92 Å².